The number of ether oxygens (including phenoxy) is 1. The number of hydrogen-bond acceptors (Lipinski definition) is 11. The van der Waals surface area contributed by atoms with E-state index in [-0.39, 0.29) is 36.1 Å². The van der Waals surface area contributed by atoms with E-state index in [9.17, 15) is 39.3 Å². The fraction of sp³-hybridized carbons (Fsp3) is 0.152. The van der Waals surface area contributed by atoms with Crippen LogP contribution in [0.3, 0.4) is 0 Å². The number of aliphatic hydroxyl groups is 2. The lowest BCUT2D eigenvalue weighted by atomic mass is 9.78. The van der Waals surface area contributed by atoms with E-state index >= 15 is 0 Å². The number of methoxy groups -OCH3 is 1. The Bertz CT molecular complexity index is 2620. The Labute approximate surface area is 250 Å². The molecule has 4 aliphatic rings. The van der Waals surface area contributed by atoms with Gasteiger partial charge in [0.1, 0.15) is 29.3 Å². The molecular weight excluding hydrogens is 584 g/mol. The highest BCUT2D eigenvalue weighted by Gasteiger charge is 2.53. The van der Waals surface area contributed by atoms with Crippen molar-refractivity contribution in [3.8, 4) is 11.5 Å². The van der Waals surface area contributed by atoms with Crippen LogP contribution >= 0.6 is 0 Å². The average Bonchev–Trinajstić information content (AvgIpc) is 3.51. The van der Waals surface area contributed by atoms with Crippen molar-refractivity contribution in [2.24, 2.45) is 5.16 Å². The molecular formula is C33H22N2O10. The first-order chi connectivity index (χ1) is 21.6. The summed E-state index contributed by atoms with van der Waals surface area (Å²) < 4.78 is 4.90. The Morgan fingerprint density at radius 1 is 0.889 bits per heavy atom. The van der Waals surface area contributed by atoms with Crippen LogP contribution in [0.15, 0.2) is 77.7 Å². The molecule has 45 heavy (non-hydrogen) atoms. The summed E-state index contributed by atoms with van der Waals surface area (Å²) in [5.74, 6) is -2.55. The second-order valence-electron chi connectivity index (χ2n) is 10.9. The van der Waals surface area contributed by atoms with Gasteiger partial charge in [0, 0.05) is 11.6 Å². The van der Waals surface area contributed by atoms with Gasteiger partial charge < -0.3 is 29.9 Å². The molecule has 224 valence electrons. The molecule has 0 radical (unpaired) electrons. The van der Waals surface area contributed by atoms with Crippen molar-refractivity contribution < 1.29 is 24.9 Å². The quantitative estimate of drug-likeness (QED) is 0.157. The zero-order chi connectivity index (χ0) is 31.8. The standard InChI is InChI=1S/C33H22N2O10/c1-44-19-11-18(36)21-22(26(19)37)28(39)24-23(27(21)38)30(41)33(31(24)42)8-7-15-9-16-10-17(35-32(43)20(16)29(40)25(15)33)12-34-45-13-14-5-3-2-4-6-14/h2-6,9-12,40-42H,7-8,13H2,1H3,(H,35,43). The van der Waals surface area contributed by atoms with Crippen molar-refractivity contribution in [3.63, 3.8) is 0 Å². The number of aromatic nitrogens is 1. The molecule has 2 aromatic carbocycles. The first kappa shape index (κ1) is 27.8. The Balaban J connectivity index is 1.41. The van der Waals surface area contributed by atoms with E-state index in [2.05, 4.69) is 10.1 Å². The number of pyridine rings is 1. The lowest BCUT2D eigenvalue weighted by Crippen LogP contribution is -2.51. The number of fused-ring (bicyclic) bond motifs is 4. The van der Waals surface area contributed by atoms with Crippen molar-refractivity contribution in [1.82, 2.24) is 4.98 Å². The van der Waals surface area contributed by atoms with Crippen LogP contribution in [0, 0.1) is 10.4 Å². The number of phenolic OH excluding ortho intramolecular Hbond substituents is 1. The lowest BCUT2D eigenvalue weighted by Gasteiger charge is -2.27. The minimum absolute atomic E-state index is 0.0653. The zero-order valence-corrected chi connectivity index (χ0v) is 23.5. The average molecular weight is 607 g/mol. The molecule has 0 fully saturated rings. The summed E-state index contributed by atoms with van der Waals surface area (Å²) in [6.07, 6.45) is 1.37. The van der Waals surface area contributed by atoms with Gasteiger partial charge in [0.15, 0.2) is 11.2 Å². The number of hydrogen-bond donors (Lipinski definition) is 4. The Morgan fingerprint density at radius 3 is 2.27 bits per heavy atom. The normalized spacial score (nSPS) is 17.1. The van der Waals surface area contributed by atoms with Gasteiger partial charge in [0.25, 0.3) is 5.56 Å². The summed E-state index contributed by atoms with van der Waals surface area (Å²) in [4.78, 5) is 74.0. The number of H-pyrrole nitrogens is 1. The SMILES string of the molecule is COc1cc(=O)c2c(=O)c3c(c(=O)c=2c1=O)=C(O)C1(CCc2cc4cc(C=NOCc5ccccc5)[nH]c(=O)c4c(O)c21)C=3O. The van der Waals surface area contributed by atoms with Crippen LogP contribution in [-0.4, -0.2) is 33.6 Å². The number of benzene rings is 2. The zero-order valence-electron chi connectivity index (χ0n) is 23.5. The summed E-state index contributed by atoms with van der Waals surface area (Å²) >= 11 is 0. The van der Waals surface area contributed by atoms with Gasteiger partial charge in [0.2, 0.25) is 16.3 Å². The number of nitrogens with one attached hydrogen (secondary N) is 1. The van der Waals surface area contributed by atoms with E-state index in [1.54, 1.807) is 12.1 Å². The van der Waals surface area contributed by atoms with E-state index in [0.29, 0.717) is 10.9 Å². The van der Waals surface area contributed by atoms with Crippen LogP contribution in [0.5, 0.6) is 11.5 Å². The van der Waals surface area contributed by atoms with Gasteiger partial charge in [-0.3, -0.25) is 24.0 Å². The molecule has 0 saturated carbocycles. The van der Waals surface area contributed by atoms with Crippen LogP contribution < -0.4 is 42.4 Å². The fourth-order valence-electron chi connectivity index (χ4n) is 6.62. The van der Waals surface area contributed by atoms with Gasteiger partial charge in [-0.1, -0.05) is 41.6 Å². The molecule has 3 aromatic rings. The lowest BCUT2D eigenvalue weighted by molar-refractivity contribution is 0.132. The molecule has 0 saturated heterocycles. The highest BCUT2D eigenvalue weighted by Crippen LogP contribution is 2.54. The predicted molar refractivity (Wildman–Crippen MR) is 162 cm³/mol. The van der Waals surface area contributed by atoms with Gasteiger partial charge in [-0.15, -0.1) is 0 Å². The third-order valence-electron chi connectivity index (χ3n) is 8.62. The molecule has 7 rings (SSSR count). The number of aromatic hydroxyl groups is 1. The van der Waals surface area contributed by atoms with Crippen molar-refractivity contribution >= 4 is 28.5 Å². The third kappa shape index (κ3) is 3.71. The molecule has 12 heteroatoms. The van der Waals surface area contributed by atoms with Crippen molar-refractivity contribution in [2.75, 3.05) is 7.11 Å². The number of nitrogens with zero attached hydrogens (tertiary/aromatic N) is 1. The van der Waals surface area contributed by atoms with Crippen LogP contribution in [0.1, 0.15) is 28.8 Å². The van der Waals surface area contributed by atoms with Gasteiger partial charge in [-0.25, -0.2) is 0 Å². The van der Waals surface area contributed by atoms with Gasteiger partial charge in [-0.05, 0) is 35.4 Å². The second kappa shape index (κ2) is 9.74. The number of aliphatic hydroxyl groups excluding tert-OH is 2. The summed E-state index contributed by atoms with van der Waals surface area (Å²) in [5, 5.41) is 35.9. The molecule has 1 aromatic heterocycles. The van der Waals surface area contributed by atoms with E-state index in [4.69, 9.17) is 9.57 Å². The summed E-state index contributed by atoms with van der Waals surface area (Å²) in [7, 11) is 1.12. The molecule has 0 bridgehead atoms. The van der Waals surface area contributed by atoms with Crippen molar-refractivity contribution in [1.29, 1.82) is 0 Å². The molecule has 1 unspecified atom stereocenters. The highest BCUT2D eigenvalue weighted by atomic mass is 16.6. The Morgan fingerprint density at radius 2 is 1.58 bits per heavy atom. The maximum atomic E-state index is 13.6. The largest absolute Gasteiger partial charge is 0.510 e. The summed E-state index contributed by atoms with van der Waals surface area (Å²) in [5.41, 5.74) is -5.37. The molecule has 0 aliphatic heterocycles. The molecule has 0 amide bonds. The highest BCUT2D eigenvalue weighted by molar-refractivity contribution is 5.96. The second-order valence-corrected chi connectivity index (χ2v) is 10.9. The minimum atomic E-state index is -1.97. The van der Waals surface area contributed by atoms with Crippen LogP contribution in [0.25, 0.3) is 22.3 Å². The molecule has 1 atom stereocenters. The number of aryl methyl sites for hydroxylation is 1. The van der Waals surface area contributed by atoms with Crippen LogP contribution in [-0.2, 0) is 23.3 Å². The first-order valence-electron chi connectivity index (χ1n) is 13.8. The summed E-state index contributed by atoms with van der Waals surface area (Å²) in [6.45, 7) is 0.208. The van der Waals surface area contributed by atoms with E-state index < -0.39 is 76.6 Å². The summed E-state index contributed by atoms with van der Waals surface area (Å²) in [6, 6.07) is 13.3. The van der Waals surface area contributed by atoms with Gasteiger partial charge >= 0.3 is 0 Å². The number of aromatic amines is 1. The number of rotatable bonds is 5. The van der Waals surface area contributed by atoms with E-state index in [0.717, 1.165) is 18.7 Å². The fourth-order valence-corrected chi connectivity index (χ4v) is 6.62. The smallest absolute Gasteiger partial charge is 0.260 e. The number of phenols is 1. The number of oxime groups is 1. The predicted octanol–water partition coefficient (Wildman–Crippen LogP) is 0.0644. The molecule has 1 spiro atoms. The molecule has 4 N–H and O–H groups in total. The Hall–Kier alpha value is -6.04. The van der Waals surface area contributed by atoms with E-state index in [1.807, 2.05) is 30.3 Å². The Kier molecular flexibility index (Phi) is 6.01. The van der Waals surface area contributed by atoms with Crippen LogP contribution in [0.4, 0.5) is 0 Å². The molecule has 12 nitrogen and oxygen atoms in total. The van der Waals surface area contributed by atoms with Gasteiger partial charge in [-0.2, -0.15) is 0 Å². The molecule has 4 aliphatic carbocycles. The topological polar surface area (TPSA) is 193 Å². The first-order valence-corrected chi connectivity index (χ1v) is 13.8. The third-order valence-corrected chi connectivity index (χ3v) is 8.62. The van der Waals surface area contributed by atoms with E-state index in [1.165, 1.54) is 6.21 Å². The van der Waals surface area contributed by atoms with Crippen molar-refractivity contribution in [2.45, 2.75) is 24.9 Å². The maximum absolute atomic E-state index is 13.6. The molecule has 1 heterocycles. The monoisotopic (exact) mass is 606 g/mol. The minimum Gasteiger partial charge on any atom is -0.510 e. The van der Waals surface area contributed by atoms with Gasteiger partial charge in [0.05, 0.1) is 45.3 Å². The maximum Gasteiger partial charge on any atom is 0.260 e. The van der Waals surface area contributed by atoms with Crippen molar-refractivity contribution in [3.05, 3.63) is 143 Å². The van der Waals surface area contributed by atoms with Crippen LogP contribution in [0.2, 0.25) is 0 Å².